The smallest absolute Gasteiger partial charge is 0.485 e. The fraction of sp³-hybridized carbons (Fsp3) is 0.290. The Morgan fingerprint density at radius 2 is 1.53 bits per heavy atom. The molecule has 0 bridgehead atoms. The lowest BCUT2D eigenvalue weighted by atomic mass is 9.97. The van der Waals surface area contributed by atoms with Gasteiger partial charge in [0.25, 0.3) is 5.91 Å². The van der Waals surface area contributed by atoms with Crippen LogP contribution in [0.5, 0.6) is 5.75 Å². The zero-order chi connectivity index (χ0) is 35.4. The molecule has 1 unspecified atom stereocenters. The number of pyridine rings is 1. The summed E-state index contributed by atoms with van der Waals surface area (Å²) in [6.45, 7) is 7.96. The number of halogens is 6. The number of carbonyl (C=O) groups excluding carboxylic acids is 1. The van der Waals surface area contributed by atoms with Gasteiger partial charge in [-0.25, -0.2) is 27.7 Å². The highest BCUT2D eigenvalue weighted by Gasteiger charge is 2.39. The number of hydrogen-bond acceptors (Lipinski definition) is 5. The number of nitrogens with zero attached hydrogens (tertiary/aromatic N) is 3. The first-order valence-corrected chi connectivity index (χ1v) is 13.7. The van der Waals surface area contributed by atoms with E-state index in [0.29, 0.717) is 11.3 Å². The summed E-state index contributed by atoms with van der Waals surface area (Å²) in [7, 11) is 0. The van der Waals surface area contributed by atoms with Crippen molar-refractivity contribution in [3.05, 3.63) is 94.6 Å². The molecule has 0 aliphatic rings. The van der Waals surface area contributed by atoms with E-state index in [9.17, 15) is 41.0 Å². The van der Waals surface area contributed by atoms with Gasteiger partial charge in [0.1, 0.15) is 35.9 Å². The topological polar surface area (TPSA) is 133 Å². The highest BCUT2D eigenvalue weighted by atomic mass is 19.4. The van der Waals surface area contributed by atoms with Crippen LogP contribution in [0.1, 0.15) is 49.2 Å². The first-order chi connectivity index (χ1) is 21.7. The van der Waals surface area contributed by atoms with Gasteiger partial charge in [-0.2, -0.15) is 13.2 Å². The third kappa shape index (κ3) is 8.71. The summed E-state index contributed by atoms with van der Waals surface area (Å²) in [4.78, 5) is 40.5. The van der Waals surface area contributed by atoms with Crippen molar-refractivity contribution in [3.63, 3.8) is 0 Å². The maximum Gasteiger partial charge on any atom is 0.490 e. The molecule has 2 amide bonds. The van der Waals surface area contributed by atoms with Gasteiger partial charge in [0.05, 0.1) is 11.3 Å². The Morgan fingerprint density at radius 1 is 0.979 bits per heavy atom. The Morgan fingerprint density at radius 3 is 2.02 bits per heavy atom. The molecule has 252 valence electrons. The number of imidazole rings is 1. The number of carboxylic acid groups (broad SMARTS) is 2. The van der Waals surface area contributed by atoms with Crippen molar-refractivity contribution in [1.29, 1.82) is 0 Å². The van der Waals surface area contributed by atoms with E-state index in [1.165, 1.54) is 18.2 Å². The van der Waals surface area contributed by atoms with Crippen molar-refractivity contribution in [2.24, 2.45) is 0 Å². The van der Waals surface area contributed by atoms with Crippen LogP contribution in [0.2, 0.25) is 0 Å². The minimum absolute atomic E-state index is 0.225. The molecule has 2 heterocycles. The standard InChI is InChI=1S/C29H29F3N4O4.C2HF3O2/c1-16-13-23(40-15-20-21(31)7-6-8-22(20)32)26-33-17(2)25(35(26)14-16)34-27(37)24(18-9-11-19(30)12-10-18)36(28(38)39)29(3,4)5;3-2(4,5)1(6)7/h6-14,24H,15H2,1-5H3,(H,34,37)(H,38,39);(H,6,7). The van der Waals surface area contributed by atoms with Crippen LogP contribution in [-0.4, -0.2) is 54.2 Å². The van der Waals surface area contributed by atoms with Gasteiger partial charge in [0.15, 0.2) is 11.4 Å². The fourth-order valence-electron chi connectivity index (χ4n) is 4.47. The summed E-state index contributed by atoms with van der Waals surface area (Å²) in [5.41, 5.74) is 0.403. The molecule has 10 nitrogen and oxygen atoms in total. The van der Waals surface area contributed by atoms with Crippen LogP contribution in [0.25, 0.3) is 5.65 Å². The quantitative estimate of drug-likeness (QED) is 0.180. The molecule has 2 aromatic carbocycles. The molecule has 4 rings (SSSR count). The molecule has 4 aromatic rings. The number of fused-ring (bicyclic) bond motifs is 1. The lowest BCUT2D eigenvalue weighted by Crippen LogP contribution is -2.50. The van der Waals surface area contributed by atoms with Crippen LogP contribution in [0.15, 0.2) is 54.7 Å². The molecule has 0 fully saturated rings. The van der Waals surface area contributed by atoms with E-state index < -0.39 is 59.8 Å². The second-order valence-corrected chi connectivity index (χ2v) is 11.2. The molecule has 0 aliphatic heterocycles. The number of aryl methyl sites for hydroxylation is 2. The third-order valence-corrected chi connectivity index (χ3v) is 6.54. The van der Waals surface area contributed by atoms with Crippen molar-refractivity contribution < 1.29 is 55.7 Å². The molecule has 0 spiro atoms. The Kier molecular flexibility index (Phi) is 10.8. The molecule has 2 aromatic heterocycles. The second-order valence-electron chi connectivity index (χ2n) is 11.2. The van der Waals surface area contributed by atoms with Crippen molar-refractivity contribution in [2.75, 3.05) is 5.32 Å². The number of aliphatic carboxylic acids is 1. The summed E-state index contributed by atoms with van der Waals surface area (Å²) >= 11 is 0. The van der Waals surface area contributed by atoms with E-state index in [2.05, 4.69) is 10.3 Å². The van der Waals surface area contributed by atoms with Crippen LogP contribution < -0.4 is 10.1 Å². The minimum atomic E-state index is -5.08. The molecule has 16 heteroatoms. The monoisotopic (exact) mass is 668 g/mol. The summed E-state index contributed by atoms with van der Waals surface area (Å²) in [6.07, 6.45) is -4.73. The van der Waals surface area contributed by atoms with Gasteiger partial charge in [0.2, 0.25) is 0 Å². The van der Waals surface area contributed by atoms with Crippen LogP contribution in [0, 0.1) is 31.3 Å². The lowest BCUT2D eigenvalue weighted by molar-refractivity contribution is -0.192. The molecular weight excluding hydrogens is 638 g/mol. The first kappa shape index (κ1) is 36.2. The zero-order valence-corrected chi connectivity index (χ0v) is 25.6. The Balaban J connectivity index is 0.000000771. The van der Waals surface area contributed by atoms with Gasteiger partial charge in [0, 0.05) is 11.7 Å². The van der Waals surface area contributed by atoms with Crippen LogP contribution in [0.4, 0.5) is 37.0 Å². The number of aromatic nitrogens is 2. The van der Waals surface area contributed by atoms with Gasteiger partial charge >= 0.3 is 18.2 Å². The molecule has 0 saturated carbocycles. The Hall–Kier alpha value is -5.28. The molecule has 0 radical (unpaired) electrons. The van der Waals surface area contributed by atoms with Crippen molar-refractivity contribution in [3.8, 4) is 5.75 Å². The van der Waals surface area contributed by atoms with Crippen molar-refractivity contribution >= 4 is 29.4 Å². The van der Waals surface area contributed by atoms with E-state index >= 15 is 0 Å². The maximum atomic E-state index is 14.1. The predicted octanol–water partition coefficient (Wildman–Crippen LogP) is 7.04. The summed E-state index contributed by atoms with van der Waals surface area (Å²) in [5, 5.41) is 20.0. The number of carboxylic acids is 1. The molecule has 3 N–H and O–H groups in total. The van der Waals surface area contributed by atoms with Crippen LogP contribution in [-0.2, 0) is 16.2 Å². The van der Waals surface area contributed by atoms with Crippen molar-refractivity contribution in [2.45, 2.75) is 59.0 Å². The normalized spacial score (nSPS) is 12.1. The number of alkyl halides is 3. The Bertz CT molecular complexity index is 1760. The molecule has 0 aliphatic carbocycles. The maximum absolute atomic E-state index is 14.1. The highest BCUT2D eigenvalue weighted by molar-refractivity contribution is 5.97. The van der Waals surface area contributed by atoms with Gasteiger partial charge in [-0.05, 0) is 76.1 Å². The summed E-state index contributed by atoms with van der Waals surface area (Å²) < 4.78 is 81.0. The van der Waals surface area contributed by atoms with Gasteiger partial charge in [-0.15, -0.1) is 0 Å². The fourth-order valence-corrected chi connectivity index (χ4v) is 4.47. The third-order valence-electron chi connectivity index (χ3n) is 6.54. The summed E-state index contributed by atoms with van der Waals surface area (Å²) in [5.74, 6) is -5.00. The first-order valence-electron chi connectivity index (χ1n) is 13.7. The predicted molar refractivity (Wildman–Crippen MR) is 156 cm³/mol. The van der Waals surface area contributed by atoms with Gasteiger partial charge in [-0.3, -0.25) is 14.1 Å². The summed E-state index contributed by atoms with van der Waals surface area (Å²) in [6, 6.07) is 8.89. The number of rotatable bonds is 7. The minimum Gasteiger partial charge on any atom is -0.485 e. The zero-order valence-electron chi connectivity index (χ0n) is 25.6. The average molecular weight is 669 g/mol. The molecule has 47 heavy (non-hydrogen) atoms. The van der Waals surface area contributed by atoms with E-state index in [1.807, 2.05) is 0 Å². The van der Waals surface area contributed by atoms with E-state index in [1.54, 1.807) is 51.3 Å². The van der Waals surface area contributed by atoms with Crippen LogP contribution in [0.3, 0.4) is 0 Å². The molecule has 1 atom stereocenters. The van der Waals surface area contributed by atoms with Crippen LogP contribution >= 0.6 is 0 Å². The number of carbonyl (C=O) groups is 3. The molecule has 0 saturated heterocycles. The number of anilines is 1. The number of amides is 2. The Labute approximate surface area is 264 Å². The average Bonchev–Trinajstić information content (AvgIpc) is 3.25. The largest absolute Gasteiger partial charge is 0.490 e. The lowest BCUT2D eigenvalue weighted by Gasteiger charge is -2.38. The SMILES string of the molecule is Cc1cc(OCc2c(F)cccc2F)c2nc(C)c(NC(=O)C(c3ccc(F)cc3)N(C(=O)O)C(C)(C)C)n2c1.O=C(O)C(F)(F)F. The second kappa shape index (κ2) is 14.0. The number of benzene rings is 2. The van der Waals surface area contributed by atoms with E-state index in [4.69, 9.17) is 14.6 Å². The highest BCUT2D eigenvalue weighted by Crippen LogP contribution is 2.32. The van der Waals surface area contributed by atoms with E-state index in [0.717, 1.165) is 29.2 Å². The van der Waals surface area contributed by atoms with E-state index in [-0.39, 0.29) is 28.3 Å². The van der Waals surface area contributed by atoms with Gasteiger partial charge in [-0.1, -0.05) is 18.2 Å². The number of hydrogen-bond donors (Lipinski definition) is 3. The molecular formula is C31H30F6N4O6. The van der Waals surface area contributed by atoms with Crippen molar-refractivity contribution in [1.82, 2.24) is 14.3 Å². The number of ether oxygens (including phenoxy) is 1. The number of nitrogens with one attached hydrogen (secondary N) is 1. The van der Waals surface area contributed by atoms with Gasteiger partial charge < -0.3 is 20.3 Å².